The molecule has 0 radical (unpaired) electrons. The third kappa shape index (κ3) is 1.52. The number of carbonyl (C=O) groups excluding carboxylic acids is 1. The number of esters is 1. The van der Waals surface area contributed by atoms with Crippen LogP contribution in [0.4, 0.5) is 4.39 Å². The fourth-order valence-electron chi connectivity index (χ4n) is 1.17. The Morgan fingerprint density at radius 2 is 2.36 bits per heavy atom. The van der Waals surface area contributed by atoms with Crippen molar-refractivity contribution < 1.29 is 13.9 Å². The molecule has 1 rings (SSSR count). The van der Waals surface area contributed by atoms with Gasteiger partial charge in [-0.3, -0.25) is 0 Å². The third-order valence-electron chi connectivity index (χ3n) is 2.34. The van der Waals surface area contributed by atoms with Crippen LogP contribution >= 0.6 is 0 Å². The van der Waals surface area contributed by atoms with Crippen LogP contribution < -0.4 is 0 Å². The summed E-state index contributed by atoms with van der Waals surface area (Å²) in [7, 11) is 0. The van der Waals surface area contributed by atoms with E-state index in [2.05, 4.69) is 4.74 Å². The zero-order valence-electron chi connectivity index (χ0n) is 6.89. The second-order valence-electron chi connectivity index (χ2n) is 3.25. The van der Waals surface area contributed by atoms with Crippen molar-refractivity contribution in [2.24, 2.45) is 5.92 Å². The molecule has 1 aliphatic heterocycles. The molecule has 2 nitrogen and oxygen atoms in total. The van der Waals surface area contributed by atoms with Crippen LogP contribution in [0.5, 0.6) is 0 Å². The standard InChI is InChI=1S/C8H13FO2/c1-6-4-3-5-11-7(10)8(6,2)9/h6H,3-5H2,1-2H3. The molecular formula is C8H13FO2. The van der Waals surface area contributed by atoms with E-state index in [-0.39, 0.29) is 5.92 Å². The zero-order chi connectivity index (χ0) is 8.48. The number of alkyl halides is 1. The normalized spacial score (nSPS) is 39.5. The predicted octanol–water partition coefficient (Wildman–Crippen LogP) is 1.69. The van der Waals surface area contributed by atoms with E-state index in [1.807, 2.05) is 0 Å². The van der Waals surface area contributed by atoms with E-state index in [1.165, 1.54) is 6.92 Å². The van der Waals surface area contributed by atoms with Crippen LogP contribution in [0.25, 0.3) is 0 Å². The smallest absolute Gasteiger partial charge is 0.343 e. The first-order valence-corrected chi connectivity index (χ1v) is 3.91. The molecule has 2 unspecified atom stereocenters. The summed E-state index contributed by atoms with van der Waals surface area (Å²) < 4.78 is 18.1. The number of cyclic esters (lactones) is 1. The maximum absolute atomic E-state index is 13.4. The van der Waals surface area contributed by atoms with E-state index in [0.29, 0.717) is 6.61 Å². The van der Waals surface area contributed by atoms with E-state index in [1.54, 1.807) is 6.92 Å². The minimum Gasteiger partial charge on any atom is -0.463 e. The molecule has 1 heterocycles. The molecule has 3 heteroatoms. The summed E-state index contributed by atoms with van der Waals surface area (Å²) in [5.74, 6) is -0.931. The molecule has 0 saturated carbocycles. The highest BCUT2D eigenvalue weighted by atomic mass is 19.1. The summed E-state index contributed by atoms with van der Waals surface area (Å²) in [6.07, 6.45) is 1.49. The van der Waals surface area contributed by atoms with Crippen LogP contribution in [0.1, 0.15) is 26.7 Å². The largest absolute Gasteiger partial charge is 0.463 e. The van der Waals surface area contributed by atoms with E-state index >= 15 is 0 Å². The van der Waals surface area contributed by atoms with Crippen LogP contribution in [0.3, 0.4) is 0 Å². The molecule has 11 heavy (non-hydrogen) atoms. The van der Waals surface area contributed by atoms with Gasteiger partial charge in [-0.05, 0) is 19.8 Å². The maximum Gasteiger partial charge on any atom is 0.343 e. The maximum atomic E-state index is 13.4. The van der Waals surface area contributed by atoms with Crippen molar-refractivity contribution >= 4 is 5.97 Å². The van der Waals surface area contributed by atoms with Crippen LogP contribution in [0, 0.1) is 5.92 Å². The quantitative estimate of drug-likeness (QED) is 0.504. The SMILES string of the molecule is CC1CCCOC(=O)C1(C)F. The van der Waals surface area contributed by atoms with Gasteiger partial charge in [0, 0.05) is 5.92 Å². The van der Waals surface area contributed by atoms with Crippen molar-refractivity contribution in [2.75, 3.05) is 6.61 Å². The minimum absolute atomic E-state index is 0.225. The van der Waals surface area contributed by atoms with Crippen molar-refractivity contribution in [1.29, 1.82) is 0 Å². The average molecular weight is 160 g/mol. The van der Waals surface area contributed by atoms with Crippen molar-refractivity contribution in [3.63, 3.8) is 0 Å². The lowest BCUT2D eigenvalue weighted by Crippen LogP contribution is -2.36. The molecule has 0 aromatic carbocycles. The second-order valence-corrected chi connectivity index (χ2v) is 3.25. The van der Waals surface area contributed by atoms with Crippen molar-refractivity contribution in [3.8, 4) is 0 Å². The van der Waals surface area contributed by atoms with E-state index < -0.39 is 11.6 Å². The summed E-state index contributed by atoms with van der Waals surface area (Å²) in [5.41, 5.74) is -1.78. The van der Waals surface area contributed by atoms with Crippen LogP contribution in [-0.4, -0.2) is 18.2 Å². The monoisotopic (exact) mass is 160 g/mol. The molecule has 2 atom stereocenters. The Kier molecular flexibility index (Phi) is 2.16. The minimum atomic E-state index is -1.78. The van der Waals surface area contributed by atoms with Crippen molar-refractivity contribution in [3.05, 3.63) is 0 Å². The van der Waals surface area contributed by atoms with E-state index in [4.69, 9.17) is 0 Å². The van der Waals surface area contributed by atoms with Crippen molar-refractivity contribution in [1.82, 2.24) is 0 Å². The summed E-state index contributed by atoms with van der Waals surface area (Å²) in [6.45, 7) is 3.40. The summed E-state index contributed by atoms with van der Waals surface area (Å²) >= 11 is 0. The lowest BCUT2D eigenvalue weighted by molar-refractivity contribution is -0.157. The van der Waals surface area contributed by atoms with Crippen LogP contribution in [0.2, 0.25) is 0 Å². The molecular weight excluding hydrogens is 147 g/mol. The molecule has 1 aliphatic rings. The number of halogens is 1. The van der Waals surface area contributed by atoms with Gasteiger partial charge in [0.1, 0.15) is 0 Å². The van der Waals surface area contributed by atoms with Gasteiger partial charge in [-0.2, -0.15) is 0 Å². The third-order valence-corrected chi connectivity index (χ3v) is 2.34. The number of hydrogen-bond donors (Lipinski definition) is 0. The van der Waals surface area contributed by atoms with Gasteiger partial charge in [0.25, 0.3) is 0 Å². The lowest BCUT2D eigenvalue weighted by Gasteiger charge is -2.21. The predicted molar refractivity (Wildman–Crippen MR) is 38.9 cm³/mol. The van der Waals surface area contributed by atoms with Gasteiger partial charge in [0.15, 0.2) is 0 Å². The first-order valence-electron chi connectivity index (χ1n) is 3.91. The molecule has 64 valence electrons. The molecule has 1 fully saturated rings. The van der Waals surface area contributed by atoms with Gasteiger partial charge in [-0.25, -0.2) is 9.18 Å². The van der Waals surface area contributed by atoms with Gasteiger partial charge in [-0.15, -0.1) is 0 Å². The van der Waals surface area contributed by atoms with Gasteiger partial charge in [-0.1, -0.05) is 6.92 Å². The Morgan fingerprint density at radius 1 is 1.73 bits per heavy atom. The topological polar surface area (TPSA) is 26.3 Å². The number of ether oxygens (including phenoxy) is 1. The number of rotatable bonds is 0. The molecule has 0 aliphatic carbocycles. The molecule has 0 aromatic heterocycles. The average Bonchev–Trinajstić information content (AvgIpc) is 2.03. The van der Waals surface area contributed by atoms with Gasteiger partial charge < -0.3 is 4.74 Å². The first kappa shape index (κ1) is 8.50. The molecule has 0 bridgehead atoms. The summed E-state index contributed by atoms with van der Waals surface area (Å²) in [4.78, 5) is 10.9. The highest BCUT2D eigenvalue weighted by Crippen LogP contribution is 2.29. The first-order chi connectivity index (χ1) is 5.05. The lowest BCUT2D eigenvalue weighted by atomic mass is 9.90. The van der Waals surface area contributed by atoms with Crippen molar-refractivity contribution in [2.45, 2.75) is 32.4 Å². The van der Waals surface area contributed by atoms with E-state index in [9.17, 15) is 9.18 Å². The summed E-state index contributed by atoms with van der Waals surface area (Å²) in [5, 5.41) is 0. The zero-order valence-corrected chi connectivity index (χ0v) is 6.89. The summed E-state index contributed by atoms with van der Waals surface area (Å²) in [6, 6.07) is 0. The van der Waals surface area contributed by atoms with E-state index in [0.717, 1.165) is 12.8 Å². The van der Waals surface area contributed by atoms with Gasteiger partial charge in [0.2, 0.25) is 5.67 Å². The number of hydrogen-bond acceptors (Lipinski definition) is 2. The second kappa shape index (κ2) is 2.80. The molecule has 1 saturated heterocycles. The fraction of sp³-hybridized carbons (Fsp3) is 0.875. The molecule has 0 spiro atoms. The van der Waals surface area contributed by atoms with Crippen LogP contribution in [-0.2, 0) is 9.53 Å². The molecule has 0 amide bonds. The highest BCUT2D eigenvalue weighted by molar-refractivity contribution is 5.79. The Bertz CT molecular complexity index is 165. The Balaban J connectivity index is 2.76. The van der Waals surface area contributed by atoms with Gasteiger partial charge in [0.05, 0.1) is 6.61 Å². The highest BCUT2D eigenvalue weighted by Gasteiger charge is 2.41. The molecule has 0 aromatic rings. The fourth-order valence-corrected chi connectivity index (χ4v) is 1.17. The Labute approximate surface area is 65.7 Å². The number of carbonyl (C=O) groups is 1. The Hall–Kier alpha value is -0.600. The van der Waals surface area contributed by atoms with Crippen LogP contribution in [0.15, 0.2) is 0 Å². The molecule has 0 N–H and O–H groups in total. The Morgan fingerprint density at radius 3 is 3.00 bits per heavy atom. The van der Waals surface area contributed by atoms with Gasteiger partial charge >= 0.3 is 5.97 Å².